The summed E-state index contributed by atoms with van der Waals surface area (Å²) in [5, 5.41) is 34.3. The van der Waals surface area contributed by atoms with Crippen molar-refractivity contribution in [3.05, 3.63) is 30.1 Å². The highest BCUT2D eigenvalue weighted by molar-refractivity contribution is 5.79. The molecule has 0 saturated carbocycles. The van der Waals surface area contributed by atoms with E-state index in [0.717, 1.165) is 17.0 Å². The number of tetrazole rings is 1. The van der Waals surface area contributed by atoms with Gasteiger partial charge in [0.2, 0.25) is 6.41 Å². The molecule has 3 atom stereocenters. The lowest BCUT2D eigenvalue weighted by Crippen LogP contribution is -2.40. The minimum absolute atomic E-state index is 0.0253. The molecule has 0 radical (unpaired) electrons. The van der Waals surface area contributed by atoms with Crippen molar-refractivity contribution < 1.29 is 42.1 Å². The van der Waals surface area contributed by atoms with Crippen molar-refractivity contribution in [2.75, 3.05) is 49.1 Å². The number of carbonyl (C=O) groups is 1. The zero-order valence-corrected chi connectivity index (χ0v) is 18.8. The van der Waals surface area contributed by atoms with Crippen LogP contribution in [0.4, 0.5) is 28.9 Å². The van der Waals surface area contributed by atoms with E-state index >= 15 is 8.78 Å². The summed E-state index contributed by atoms with van der Waals surface area (Å²) in [6.07, 6.45) is -5.44. The molecule has 0 spiro atoms. The summed E-state index contributed by atoms with van der Waals surface area (Å²) in [6, 6.07) is 2.03. The van der Waals surface area contributed by atoms with Gasteiger partial charge in [-0.1, -0.05) is 0 Å². The van der Waals surface area contributed by atoms with Crippen molar-refractivity contribution in [3.63, 3.8) is 0 Å². The van der Waals surface area contributed by atoms with Gasteiger partial charge in [-0.25, -0.2) is 13.5 Å². The zero-order valence-electron chi connectivity index (χ0n) is 18.8. The molecule has 2 saturated heterocycles. The number of aliphatic hydroxyl groups excluding tert-OH is 2. The van der Waals surface area contributed by atoms with Crippen LogP contribution in [-0.4, -0.2) is 106 Å². The molecule has 1 amide bonds. The molecule has 1 aromatic heterocycles. The molecule has 0 bridgehead atoms. The van der Waals surface area contributed by atoms with Crippen LogP contribution in [0, 0.1) is 11.6 Å². The largest absolute Gasteiger partial charge is 0.374 e. The number of benzene rings is 1. The first-order valence-corrected chi connectivity index (χ1v) is 10.9. The summed E-state index contributed by atoms with van der Waals surface area (Å²) in [5.74, 6) is -3.31. The highest BCUT2D eigenvalue weighted by Crippen LogP contribution is 2.32. The third kappa shape index (κ3) is 5.98. The zero-order chi connectivity index (χ0) is 25.8. The van der Waals surface area contributed by atoms with Gasteiger partial charge in [0.05, 0.1) is 25.8 Å². The van der Waals surface area contributed by atoms with Crippen LogP contribution in [0.2, 0.25) is 0 Å². The Morgan fingerprint density at radius 3 is 2.64 bits per heavy atom. The number of halogens is 4. The average Bonchev–Trinajstić information content (AvgIpc) is 3.40. The maximum atomic E-state index is 15.1. The number of anilines is 2. The van der Waals surface area contributed by atoms with Gasteiger partial charge in [-0.3, -0.25) is 9.63 Å². The fourth-order valence-corrected chi connectivity index (χ4v) is 3.90. The molecule has 1 aromatic carbocycles. The first kappa shape index (κ1) is 26.0. The Morgan fingerprint density at radius 1 is 1.22 bits per heavy atom. The molecular weight excluding hydrogens is 496 g/mol. The predicted octanol–water partition coefficient (Wildman–Crippen LogP) is -1.11. The summed E-state index contributed by atoms with van der Waals surface area (Å²) in [7, 11) is 0. The number of nitrogens with one attached hydrogen (secondary N) is 1. The molecule has 2 aliphatic heterocycles. The summed E-state index contributed by atoms with van der Waals surface area (Å²) in [5.41, 5.74) is -0.344. The normalized spacial score (nSPS) is 22.2. The topological polar surface area (TPSA) is 141 Å². The van der Waals surface area contributed by atoms with E-state index in [1.165, 1.54) is 21.0 Å². The van der Waals surface area contributed by atoms with Crippen LogP contribution in [0.5, 0.6) is 0 Å². The van der Waals surface area contributed by atoms with E-state index in [2.05, 4.69) is 15.5 Å². The van der Waals surface area contributed by atoms with Crippen molar-refractivity contribution in [1.82, 2.24) is 30.6 Å². The lowest BCUT2D eigenvalue weighted by Gasteiger charge is -2.26. The number of nitrogens with zero attached hydrogens (tertiary/aromatic N) is 7. The van der Waals surface area contributed by atoms with E-state index in [0.29, 0.717) is 0 Å². The third-order valence-corrected chi connectivity index (χ3v) is 5.62. The highest BCUT2D eigenvalue weighted by Gasteiger charge is 2.34. The van der Waals surface area contributed by atoms with Gasteiger partial charge in [0, 0.05) is 31.9 Å². The van der Waals surface area contributed by atoms with Gasteiger partial charge in [-0.2, -0.15) is 13.8 Å². The number of carbonyl (C=O) groups excluding carboxylic acids is 1. The monoisotopic (exact) mass is 520 g/mol. The van der Waals surface area contributed by atoms with E-state index in [1.807, 2.05) is 5.32 Å². The molecule has 4 rings (SSSR count). The molecule has 36 heavy (non-hydrogen) atoms. The van der Waals surface area contributed by atoms with Crippen LogP contribution in [0.3, 0.4) is 0 Å². The smallest absolute Gasteiger partial charge is 0.315 e. The number of rotatable bonds is 8. The van der Waals surface area contributed by atoms with Gasteiger partial charge in [0.25, 0.3) is 5.91 Å². The second-order valence-corrected chi connectivity index (χ2v) is 8.01. The van der Waals surface area contributed by atoms with Gasteiger partial charge < -0.3 is 30.1 Å². The van der Waals surface area contributed by atoms with Crippen molar-refractivity contribution in [3.8, 4) is 0 Å². The fraction of sp³-hybridized carbons (Fsp3) is 0.579. The summed E-state index contributed by atoms with van der Waals surface area (Å²) in [4.78, 5) is 19.1. The second kappa shape index (κ2) is 11.3. The molecule has 0 aliphatic carbocycles. The van der Waals surface area contributed by atoms with Crippen molar-refractivity contribution >= 4 is 17.3 Å². The molecule has 3 unspecified atom stereocenters. The number of hydroxylamine groups is 2. The van der Waals surface area contributed by atoms with Gasteiger partial charge in [-0.05, 0) is 22.6 Å². The van der Waals surface area contributed by atoms with E-state index < -0.39 is 42.7 Å². The van der Waals surface area contributed by atoms with Crippen molar-refractivity contribution in [2.24, 2.45) is 0 Å². The number of ether oxygens (including phenoxy) is 1. The molecule has 3 N–H and O–H groups in total. The lowest BCUT2D eigenvalue weighted by molar-refractivity contribution is -0.234. The predicted molar refractivity (Wildman–Crippen MR) is 112 cm³/mol. The Bertz CT molecular complexity index is 1010. The maximum absolute atomic E-state index is 15.1. The summed E-state index contributed by atoms with van der Waals surface area (Å²) < 4.78 is 61.3. The van der Waals surface area contributed by atoms with Crippen LogP contribution >= 0.6 is 0 Å². The Morgan fingerprint density at radius 2 is 1.97 bits per heavy atom. The van der Waals surface area contributed by atoms with Gasteiger partial charge in [-0.15, -0.1) is 5.10 Å². The number of aliphatic hydroxyl groups is 2. The minimum atomic E-state index is -3.20. The molecule has 198 valence electrons. The van der Waals surface area contributed by atoms with Crippen molar-refractivity contribution in [2.45, 2.75) is 31.7 Å². The van der Waals surface area contributed by atoms with Crippen LogP contribution in [0.15, 0.2) is 18.5 Å². The van der Waals surface area contributed by atoms with E-state index in [9.17, 15) is 23.8 Å². The summed E-state index contributed by atoms with van der Waals surface area (Å²) in [6.45, 7) is 0.0197. The lowest BCUT2D eigenvalue weighted by atomic mass is 10.2. The van der Waals surface area contributed by atoms with Crippen molar-refractivity contribution in [1.29, 1.82) is 0 Å². The Labute approximate surface area is 201 Å². The standard InChI is InChI=1S/C19H24F4N8O5/c20-13-5-11(30-8-12(36-19(30)34)7-24-18(33)17(22)23)6-14(21)16(13)28-1-2-31(35-4-3-28)15(32)9-29-10-25-26-27-29/h5-6,10,12,15,17,19,32,34H,1-4,7-9H2,(H,24,33). The minimum Gasteiger partial charge on any atom is -0.374 e. The van der Waals surface area contributed by atoms with Gasteiger partial charge in [0.1, 0.15) is 18.2 Å². The van der Waals surface area contributed by atoms with Crippen LogP contribution < -0.4 is 15.1 Å². The Kier molecular flexibility index (Phi) is 8.14. The first-order valence-electron chi connectivity index (χ1n) is 10.9. The third-order valence-electron chi connectivity index (χ3n) is 5.62. The van der Waals surface area contributed by atoms with E-state index in [4.69, 9.17) is 9.57 Å². The summed E-state index contributed by atoms with van der Waals surface area (Å²) >= 11 is 0. The maximum Gasteiger partial charge on any atom is 0.315 e. The van der Waals surface area contributed by atoms with Crippen LogP contribution in [0.1, 0.15) is 0 Å². The van der Waals surface area contributed by atoms with E-state index in [-0.39, 0.29) is 57.3 Å². The van der Waals surface area contributed by atoms with Crippen LogP contribution in [-0.2, 0) is 20.9 Å². The Hall–Kier alpha value is -3.12. The number of aromatic nitrogens is 4. The molecular formula is C19H24F4N8O5. The highest BCUT2D eigenvalue weighted by atomic mass is 19.3. The number of hydrogen-bond donors (Lipinski definition) is 3. The molecule has 3 heterocycles. The number of amides is 1. The van der Waals surface area contributed by atoms with Gasteiger partial charge >= 0.3 is 6.43 Å². The van der Waals surface area contributed by atoms with Gasteiger partial charge in [0.15, 0.2) is 11.6 Å². The molecule has 2 aliphatic rings. The fourth-order valence-electron chi connectivity index (χ4n) is 3.90. The molecule has 17 heteroatoms. The number of hydrogen-bond acceptors (Lipinski definition) is 11. The SMILES string of the molecule is O=C(NCC1CN(c2cc(F)c(N3CCON(C(O)Cn4cnnn4)CC3)c(F)c2)C(O)O1)C(F)F. The average molecular weight is 520 g/mol. The van der Waals surface area contributed by atoms with Crippen LogP contribution in [0.25, 0.3) is 0 Å². The second-order valence-electron chi connectivity index (χ2n) is 8.01. The Balaban J connectivity index is 1.39. The molecule has 2 aromatic rings. The molecule has 2 fully saturated rings. The first-order chi connectivity index (χ1) is 17.2. The van der Waals surface area contributed by atoms with E-state index in [1.54, 1.807) is 0 Å². The molecule has 13 nitrogen and oxygen atoms in total. The quantitative estimate of drug-likeness (QED) is 0.365. The number of alkyl halides is 2.